The molecule has 1 unspecified atom stereocenters. The Morgan fingerprint density at radius 3 is 2.33 bits per heavy atom. The number of hydrogen-bond donors (Lipinski definition) is 2. The molecule has 6 nitrogen and oxygen atoms in total. The summed E-state index contributed by atoms with van der Waals surface area (Å²) in [6.07, 6.45) is -1.34. The minimum absolute atomic E-state index is 0.920. The average Bonchev–Trinajstić information content (AvgIpc) is 1.63. The maximum atomic E-state index is 10.2. The van der Waals surface area contributed by atoms with Crippen LogP contribution in [0.1, 0.15) is 0 Å². The topological polar surface area (TPSA) is 98.8 Å². The molecule has 9 heavy (non-hydrogen) atoms. The molecule has 0 saturated heterocycles. The zero-order valence-corrected chi connectivity index (χ0v) is 5.50. The maximum absolute atomic E-state index is 10.2. The van der Waals surface area contributed by atoms with Crippen LogP contribution in [-0.4, -0.2) is 18.1 Å². The molecule has 54 valence electrons. The van der Waals surface area contributed by atoms with E-state index in [0.29, 0.717) is 0 Å². The van der Waals surface area contributed by atoms with E-state index in [4.69, 9.17) is 4.89 Å². The van der Waals surface area contributed by atoms with E-state index in [1.165, 1.54) is 0 Å². The number of rotatable bonds is 2. The van der Waals surface area contributed by atoms with Crippen LogP contribution < -0.4 is 5.73 Å². The molecule has 0 rings (SSSR count). The Labute approximate surface area is 51.2 Å². The van der Waals surface area contributed by atoms with E-state index in [9.17, 15) is 9.36 Å². The van der Waals surface area contributed by atoms with Crippen molar-refractivity contribution in [1.29, 1.82) is 0 Å². The van der Waals surface area contributed by atoms with E-state index in [1.807, 2.05) is 0 Å². The molecule has 0 saturated carbocycles. The van der Waals surface area contributed by atoms with Gasteiger partial charge in [0, 0.05) is 7.11 Å². The Morgan fingerprint density at radius 1 is 1.78 bits per heavy atom. The quantitative estimate of drug-likeness (QED) is 0.539. The SMILES string of the molecule is COP(=O)(O)OC(N)=O. The second kappa shape index (κ2) is 2.82. The molecule has 0 radical (unpaired) electrons. The van der Waals surface area contributed by atoms with Gasteiger partial charge in [-0.15, -0.1) is 0 Å². The monoisotopic (exact) mass is 155 g/mol. The summed E-state index contributed by atoms with van der Waals surface area (Å²) in [5.41, 5.74) is 4.38. The van der Waals surface area contributed by atoms with Crippen LogP contribution in [0.25, 0.3) is 0 Å². The third kappa shape index (κ3) is 3.96. The maximum Gasteiger partial charge on any atom is 0.530 e. The van der Waals surface area contributed by atoms with E-state index >= 15 is 0 Å². The van der Waals surface area contributed by atoms with Gasteiger partial charge in [-0.05, 0) is 0 Å². The van der Waals surface area contributed by atoms with Gasteiger partial charge in [0.15, 0.2) is 0 Å². The number of nitrogens with two attached hydrogens (primary N) is 1. The Balaban J connectivity index is 3.88. The zero-order chi connectivity index (χ0) is 7.49. The summed E-state index contributed by atoms with van der Waals surface area (Å²) < 4.78 is 17.7. The second-order valence-electron chi connectivity index (χ2n) is 1.06. The molecule has 0 aromatic carbocycles. The third-order valence-electron chi connectivity index (χ3n) is 0.436. The van der Waals surface area contributed by atoms with Crippen molar-refractivity contribution in [2.45, 2.75) is 0 Å². The van der Waals surface area contributed by atoms with Crippen molar-refractivity contribution >= 4 is 13.9 Å². The Kier molecular flexibility index (Phi) is 2.64. The normalized spacial score (nSPS) is 16.2. The molecule has 0 aromatic heterocycles. The summed E-state index contributed by atoms with van der Waals surface area (Å²) in [4.78, 5) is 18.1. The second-order valence-corrected chi connectivity index (χ2v) is 2.55. The fourth-order valence-electron chi connectivity index (χ4n) is 0.151. The van der Waals surface area contributed by atoms with Gasteiger partial charge in [0.2, 0.25) is 0 Å². The van der Waals surface area contributed by atoms with Crippen LogP contribution >= 0.6 is 7.82 Å². The summed E-state index contributed by atoms with van der Waals surface area (Å²) in [5, 5.41) is 0. The van der Waals surface area contributed by atoms with Gasteiger partial charge in [-0.2, -0.15) is 0 Å². The number of amides is 1. The van der Waals surface area contributed by atoms with E-state index < -0.39 is 13.9 Å². The molecular formula is C2H6NO5P. The summed E-state index contributed by atoms with van der Waals surface area (Å²) in [5.74, 6) is 0. The molecule has 3 N–H and O–H groups in total. The molecule has 0 aliphatic heterocycles. The Morgan fingerprint density at radius 2 is 2.22 bits per heavy atom. The number of phosphoric ester groups is 1. The van der Waals surface area contributed by atoms with Gasteiger partial charge < -0.3 is 10.3 Å². The van der Waals surface area contributed by atoms with Crippen molar-refractivity contribution < 1.29 is 23.3 Å². The summed E-state index contributed by atoms with van der Waals surface area (Å²) in [6.45, 7) is 0. The van der Waals surface area contributed by atoms with E-state index in [1.54, 1.807) is 0 Å². The van der Waals surface area contributed by atoms with Crippen molar-refractivity contribution in [3.63, 3.8) is 0 Å². The van der Waals surface area contributed by atoms with Crippen LogP contribution in [0.5, 0.6) is 0 Å². The lowest BCUT2D eigenvalue weighted by molar-refractivity contribution is 0.174. The third-order valence-corrected chi connectivity index (χ3v) is 1.31. The molecule has 7 heteroatoms. The number of phosphoric acid groups is 1. The highest BCUT2D eigenvalue weighted by Gasteiger charge is 2.21. The largest absolute Gasteiger partial charge is 0.530 e. The van der Waals surface area contributed by atoms with Gasteiger partial charge in [0.1, 0.15) is 0 Å². The number of carbonyl (C=O) groups is 1. The molecule has 0 spiro atoms. The zero-order valence-electron chi connectivity index (χ0n) is 4.60. The van der Waals surface area contributed by atoms with Crippen LogP contribution in [0.15, 0.2) is 0 Å². The molecule has 0 heterocycles. The molecule has 0 fully saturated rings. The van der Waals surface area contributed by atoms with Crippen LogP contribution in [0.4, 0.5) is 4.79 Å². The van der Waals surface area contributed by atoms with Gasteiger partial charge in [0.25, 0.3) is 0 Å². The summed E-state index contributed by atoms with van der Waals surface area (Å²) in [7, 11) is -3.28. The van der Waals surface area contributed by atoms with Crippen molar-refractivity contribution in [3.05, 3.63) is 0 Å². The predicted molar refractivity (Wildman–Crippen MR) is 27.5 cm³/mol. The molecule has 0 aliphatic rings. The standard InChI is InChI=1S/C2H6NO5P/c1-7-9(5,6)8-2(3)4/h1H3,(H2,3,4)(H,5,6). The van der Waals surface area contributed by atoms with Gasteiger partial charge in [-0.1, -0.05) is 0 Å². The first-order valence-electron chi connectivity index (χ1n) is 1.85. The Bertz CT molecular complexity index is 155. The first kappa shape index (κ1) is 8.42. The molecule has 1 amide bonds. The molecule has 1 atom stereocenters. The highest BCUT2D eigenvalue weighted by atomic mass is 31.2. The first-order chi connectivity index (χ1) is 3.98. The lowest BCUT2D eigenvalue weighted by atomic mass is 11.3. The minimum atomic E-state index is -4.20. The molecule has 0 bridgehead atoms. The van der Waals surface area contributed by atoms with Crippen molar-refractivity contribution in [2.75, 3.05) is 7.11 Å². The van der Waals surface area contributed by atoms with Gasteiger partial charge >= 0.3 is 13.9 Å². The number of primary amides is 1. The van der Waals surface area contributed by atoms with E-state index in [0.717, 1.165) is 7.11 Å². The molecular weight excluding hydrogens is 149 g/mol. The highest BCUT2D eigenvalue weighted by Crippen LogP contribution is 2.41. The fourth-order valence-corrected chi connectivity index (χ4v) is 0.453. The lowest BCUT2D eigenvalue weighted by Gasteiger charge is -2.04. The summed E-state index contributed by atoms with van der Waals surface area (Å²) >= 11 is 0. The van der Waals surface area contributed by atoms with Crippen molar-refractivity contribution in [1.82, 2.24) is 0 Å². The molecule has 0 aliphatic carbocycles. The van der Waals surface area contributed by atoms with Crippen LogP contribution in [0, 0.1) is 0 Å². The number of hydrogen-bond acceptors (Lipinski definition) is 4. The lowest BCUT2D eigenvalue weighted by Crippen LogP contribution is -2.11. The van der Waals surface area contributed by atoms with E-state index in [-0.39, 0.29) is 0 Å². The highest BCUT2D eigenvalue weighted by molar-refractivity contribution is 7.47. The van der Waals surface area contributed by atoms with Crippen molar-refractivity contribution in [2.24, 2.45) is 5.73 Å². The fraction of sp³-hybridized carbons (Fsp3) is 0.500. The molecule has 0 aromatic rings. The van der Waals surface area contributed by atoms with E-state index in [2.05, 4.69) is 14.8 Å². The van der Waals surface area contributed by atoms with Gasteiger partial charge in [-0.3, -0.25) is 9.42 Å². The Hall–Kier alpha value is -0.580. The smallest absolute Gasteiger partial charge is 0.354 e. The minimum Gasteiger partial charge on any atom is -0.354 e. The van der Waals surface area contributed by atoms with Crippen LogP contribution in [0.2, 0.25) is 0 Å². The predicted octanol–water partition coefficient (Wildman–Crippen LogP) is -0.171. The summed E-state index contributed by atoms with van der Waals surface area (Å²) in [6, 6.07) is 0. The van der Waals surface area contributed by atoms with Crippen molar-refractivity contribution in [3.8, 4) is 0 Å². The first-order valence-corrected chi connectivity index (χ1v) is 3.35. The van der Waals surface area contributed by atoms with Gasteiger partial charge in [0.05, 0.1) is 0 Å². The van der Waals surface area contributed by atoms with Crippen LogP contribution in [-0.2, 0) is 13.6 Å². The average molecular weight is 155 g/mol. The number of carbonyl (C=O) groups excluding carboxylic acids is 1. The van der Waals surface area contributed by atoms with Gasteiger partial charge in [-0.25, -0.2) is 9.36 Å². The van der Waals surface area contributed by atoms with Crippen LogP contribution in [0.3, 0.4) is 0 Å².